The molecule has 2 aliphatic rings. The molecule has 1 aliphatic heterocycles. The monoisotopic (exact) mass is 368 g/mol. The molecule has 2 aromatic rings. The molecule has 0 saturated heterocycles. The van der Waals surface area contributed by atoms with Crippen molar-refractivity contribution in [3.63, 3.8) is 0 Å². The van der Waals surface area contributed by atoms with E-state index in [4.69, 9.17) is 16.3 Å². The molecule has 1 saturated carbocycles. The van der Waals surface area contributed by atoms with Crippen LogP contribution in [0.4, 0.5) is 13.2 Å². The van der Waals surface area contributed by atoms with Crippen molar-refractivity contribution in [1.29, 1.82) is 0 Å². The first-order valence-electron chi connectivity index (χ1n) is 8.16. The average molecular weight is 369 g/mol. The second-order valence-electron chi connectivity index (χ2n) is 6.77. The van der Waals surface area contributed by atoms with E-state index in [1.54, 1.807) is 24.3 Å². The Bertz CT molecular complexity index is 839. The van der Waals surface area contributed by atoms with Gasteiger partial charge in [-0.2, -0.15) is 0 Å². The summed E-state index contributed by atoms with van der Waals surface area (Å²) in [6, 6.07) is 9.11. The highest BCUT2D eigenvalue weighted by Crippen LogP contribution is 2.57. The van der Waals surface area contributed by atoms with Gasteiger partial charge in [0.25, 0.3) is 5.92 Å². The van der Waals surface area contributed by atoms with Crippen LogP contribution in [0.1, 0.15) is 36.8 Å². The summed E-state index contributed by atoms with van der Waals surface area (Å²) >= 11 is 6.41. The van der Waals surface area contributed by atoms with Crippen LogP contribution in [0.3, 0.4) is 0 Å². The number of phenolic OH excluding ortho intramolecular Hbond substituents is 1. The summed E-state index contributed by atoms with van der Waals surface area (Å²) in [6.45, 7) is 0. The van der Waals surface area contributed by atoms with Gasteiger partial charge in [0.05, 0.1) is 5.41 Å². The fraction of sp³-hybridized carbons (Fsp3) is 0.368. The summed E-state index contributed by atoms with van der Waals surface area (Å²) < 4.78 is 48.4. The van der Waals surface area contributed by atoms with Crippen LogP contribution >= 0.6 is 11.6 Å². The third kappa shape index (κ3) is 2.48. The van der Waals surface area contributed by atoms with Crippen LogP contribution in [-0.2, 0) is 5.41 Å². The normalized spacial score (nSPS) is 27.1. The summed E-state index contributed by atoms with van der Waals surface area (Å²) in [5.74, 6) is -3.66. The Morgan fingerprint density at radius 3 is 2.72 bits per heavy atom. The fourth-order valence-electron chi connectivity index (χ4n) is 4.21. The lowest BCUT2D eigenvalue weighted by molar-refractivity contribution is -0.0402. The first-order valence-corrected chi connectivity index (χ1v) is 8.54. The number of phenols is 1. The molecule has 1 heterocycles. The second kappa shape index (κ2) is 5.56. The Kier molecular flexibility index (Phi) is 3.69. The summed E-state index contributed by atoms with van der Waals surface area (Å²) in [5, 5.41) is 9.93. The summed E-state index contributed by atoms with van der Waals surface area (Å²) in [4.78, 5) is 0. The molecule has 6 heteroatoms. The predicted molar refractivity (Wildman–Crippen MR) is 88.1 cm³/mol. The van der Waals surface area contributed by atoms with Crippen LogP contribution in [0.5, 0.6) is 11.5 Å². The van der Waals surface area contributed by atoms with Crippen LogP contribution in [-0.4, -0.2) is 17.1 Å². The van der Waals surface area contributed by atoms with Crippen molar-refractivity contribution in [3.05, 3.63) is 58.4 Å². The van der Waals surface area contributed by atoms with E-state index in [0.29, 0.717) is 28.3 Å². The van der Waals surface area contributed by atoms with Gasteiger partial charge in [-0.25, -0.2) is 13.2 Å². The highest BCUT2D eigenvalue weighted by molar-refractivity contribution is 6.31. The summed E-state index contributed by atoms with van der Waals surface area (Å²) in [6.07, 6.45) is -0.909. The number of fused-ring (bicyclic) bond motifs is 3. The highest BCUT2D eigenvalue weighted by atomic mass is 35.5. The van der Waals surface area contributed by atoms with Gasteiger partial charge in [0.2, 0.25) is 0 Å². The average Bonchev–Trinajstić information content (AvgIpc) is 2.77. The largest absolute Gasteiger partial charge is 0.505 e. The Balaban J connectivity index is 1.97. The lowest BCUT2D eigenvalue weighted by Crippen LogP contribution is -2.40. The Labute approximate surface area is 148 Å². The molecule has 1 aliphatic carbocycles. The van der Waals surface area contributed by atoms with Crippen molar-refractivity contribution in [1.82, 2.24) is 0 Å². The van der Waals surface area contributed by atoms with Gasteiger partial charge in [-0.15, -0.1) is 0 Å². The molecular formula is C19H16ClF3O2. The molecule has 1 fully saturated rings. The maximum atomic E-state index is 14.2. The van der Waals surface area contributed by atoms with E-state index < -0.39 is 35.4 Å². The third-order valence-corrected chi connectivity index (χ3v) is 5.62. The van der Waals surface area contributed by atoms with E-state index in [1.165, 1.54) is 12.1 Å². The zero-order valence-electron chi connectivity index (χ0n) is 13.2. The van der Waals surface area contributed by atoms with Crippen molar-refractivity contribution in [3.8, 4) is 11.5 Å². The van der Waals surface area contributed by atoms with Gasteiger partial charge < -0.3 is 9.84 Å². The van der Waals surface area contributed by atoms with Crippen LogP contribution in [0, 0.1) is 5.82 Å². The minimum absolute atomic E-state index is 0.241. The SMILES string of the molecule is Oc1ccc(C23CCCC(F)(F)CC2Oc2cccc(Cl)c23)cc1F. The van der Waals surface area contributed by atoms with Crippen LogP contribution < -0.4 is 4.74 Å². The lowest BCUT2D eigenvalue weighted by atomic mass is 9.68. The molecule has 132 valence electrons. The van der Waals surface area contributed by atoms with Gasteiger partial charge in [-0.05, 0) is 42.7 Å². The van der Waals surface area contributed by atoms with Crippen molar-refractivity contribution < 1.29 is 23.0 Å². The summed E-state index contributed by atoms with van der Waals surface area (Å²) in [5.41, 5.74) is 0.170. The fourth-order valence-corrected chi connectivity index (χ4v) is 4.54. The smallest absolute Gasteiger partial charge is 0.251 e. The molecule has 4 rings (SSSR count). The van der Waals surface area contributed by atoms with E-state index >= 15 is 0 Å². The van der Waals surface area contributed by atoms with E-state index in [1.807, 2.05) is 0 Å². The Hall–Kier alpha value is -1.88. The Morgan fingerprint density at radius 2 is 1.96 bits per heavy atom. The topological polar surface area (TPSA) is 29.5 Å². The summed E-state index contributed by atoms with van der Waals surface area (Å²) in [7, 11) is 0. The van der Waals surface area contributed by atoms with E-state index in [2.05, 4.69) is 0 Å². The van der Waals surface area contributed by atoms with E-state index in [-0.39, 0.29) is 12.8 Å². The van der Waals surface area contributed by atoms with Gasteiger partial charge in [-0.3, -0.25) is 0 Å². The number of ether oxygens (including phenoxy) is 1. The number of hydrogen-bond donors (Lipinski definition) is 1. The number of halogens is 4. The molecule has 2 nitrogen and oxygen atoms in total. The van der Waals surface area contributed by atoms with E-state index in [9.17, 15) is 18.3 Å². The maximum Gasteiger partial charge on any atom is 0.251 e. The molecule has 2 unspecified atom stereocenters. The number of rotatable bonds is 1. The maximum absolute atomic E-state index is 14.2. The first kappa shape index (κ1) is 16.6. The van der Waals surface area contributed by atoms with Crippen LogP contribution in [0.2, 0.25) is 5.02 Å². The molecule has 0 aromatic heterocycles. The lowest BCUT2D eigenvalue weighted by Gasteiger charge is -2.34. The molecule has 2 atom stereocenters. The van der Waals surface area contributed by atoms with Gasteiger partial charge in [0, 0.05) is 23.4 Å². The van der Waals surface area contributed by atoms with Gasteiger partial charge >= 0.3 is 0 Å². The zero-order chi connectivity index (χ0) is 17.8. The molecule has 2 aromatic carbocycles. The third-order valence-electron chi connectivity index (χ3n) is 5.30. The standard InChI is InChI=1S/C19H16ClF3O2/c20-12-3-1-4-15-17(12)19(11-5-6-14(24)13(21)9-11)8-2-7-18(22,23)10-16(19)25-15/h1,3-6,9,16,24H,2,7-8,10H2. The van der Waals surface area contributed by atoms with Gasteiger partial charge in [-0.1, -0.05) is 23.7 Å². The van der Waals surface area contributed by atoms with Crippen molar-refractivity contribution in [2.45, 2.75) is 43.1 Å². The molecule has 0 spiro atoms. The van der Waals surface area contributed by atoms with Crippen molar-refractivity contribution >= 4 is 11.6 Å². The molecule has 0 bridgehead atoms. The van der Waals surface area contributed by atoms with E-state index in [0.717, 1.165) is 0 Å². The Morgan fingerprint density at radius 1 is 1.16 bits per heavy atom. The van der Waals surface area contributed by atoms with Gasteiger partial charge in [0.15, 0.2) is 11.6 Å². The molecule has 1 N–H and O–H groups in total. The van der Waals surface area contributed by atoms with Crippen LogP contribution in [0.15, 0.2) is 36.4 Å². The predicted octanol–water partition coefficient (Wildman–Crippen LogP) is 5.44. The minimum Gasteiger partial charge on any atom is -0.505 e. The zero-order valence-corrected chi connectivity index (χ0v) is 14.0. The molecule has 0 radical (unpaired) electrons. The number of alkyl halides is 2. The van der Waals surface area contributed by atoms with Crippen molar-refractivity contribution in [2.75, 3.05) is 0 Å². The minimum atomic E-state index is -2.85. The molecule has 0 amide bonds. The number of hydrogen-bond acceptors (Lipinski definition) is 2. The number of aromatic hydroxyl groups is 1. The highest BCUT2D eigenvalue weighted by Gasteiger charge is 2.56. The van der Waals surface area contributed by atoms with Crippen LogP contribution in [0.25, 0.3) is 0 Å². The second-order valence-corrected chi connectivity index (χ2v) is 7.18. The molecule has 25 heavy (non-hydrogen) atoms. The quantitative estimate of drug-likeness (QED) is 0.726. The molecular weight excluding hydrogens is 353 g/mol. The van der Waals surface area contributed by atoms with Crippen molar-refractivity contribution in [2.24, 2.45) is 0 Å². The first-order chi connectivity index (χ1) is 11.8. The van der Waals surface area contributed by atoms with Gasteiger partial charge in [0.1, 0.15) is 11.9 Å². The number of benzene rings is 2.